The molecule has 2 N–H and O–H groups in total. The number of hydrogen-bond donors (Lipinski definition) is 1. The highest BCUT2D eigenvalue weighted by molar-refractivity contribution is 5.87. The van der Waals surface area contributed by atoms with Gasteiger partial charge < -0.3 is 15.2 Å². The van der Waals surface area contributed by atoms with Crippen LogP contribution in [-0.4, -0.2) is 26.0 Å². The number of nitrogens with two attached hydrogens (primary N) is 1. The second-order valence-electron chi connectivity index (χ2n) is 5.54. The molecule has 122 valence electrons. The van der Waals surface area contributed by atoms with Crippen molar-refractivity contribution < 1.29 is 14.3 Å². The van der Waals surface area contributed by atoms with Crippen molar-refractivity contribution in [3.05, 3.63) is 23.3 Å². The molecule has 3 aliphatic rings. The summed E-state index contributed by atoms with van der Waals surface area (Å²) in [6, 6.07) is 4.11. The van der Waals surface area contributed by atoms with Crippen molar-refractivity contribution in [2.24, 2.45) is 11.7 Å². The molecular formula is C18H27NO3. The average molecular weight is 305 g/mol. The lowest BCUT2D eigenvalue weighted by Gasteiger charge is -2.35. The van der Waals surface area contributed by atoms with Gasteiger partial charge in [-0.05, 0) is 43.9 Å². The molecule has 2 aliphatic carbocycles. The highest BCUT2D eigenvalue weighted by atomic mass is 16.5. The summed E-state index contributed by atoms with van der Waals surface area (Å²) in [5, 5.41) is 0. The number of carbonyl (C=O) groups is 1. The Morgan fingerprint density at radius 3 is 2.55 bits per heavy atom. The lowest BCUT2D eigenvalue weighted by Crippen LogP contribution is -2.39. The fourth-order valence-electron chi connectivity index (χ4n) is 3.90. The number of rotatable bonds is 1. The maximum absolute atomic E-state index is 12.1. The third-order valence-electron chi connectivity index (χ3n) is 4.75. The van der Waals surface area contributed by atoms with E-state index in [0.717, 1.165) is 24.3 Å². The first kappa shape index (κ1) is 16.8. The number of ketones is 1. The molecule has 0 aromatic heterocycles. The Kier molecular flexibility index (Phi) is 5.46. The Morgan fingerprint density at radius 1 is 1.18 bits per heavy atom. The van der Waals surface area contributed by atoms with Gasteiger partial charge in [0, 0.05) is 17.9 Å². The summed E-state index contributed by atoms with van der Waals surface area (Å²) >= 11 is 0. The predicted molar refractivity (Wildman–Crippen MR) is 87.7 cm³/mol. The van der Waals surface area contributed by atoms with Crippen molar-refractivity contribution in [1.29, 1.82) is 0 Å². The van der Waals surface area contributed by atoms with E-state index in [4.69, 9.17) is 9.47 Å². The highest BCUT2D eigenvalue weighted by Crippen LogP contribution is 2.55. The van der Waals surface area contributed by atoms with Gasteiger partial charge in [-0.3, -0.25) is 4.79 Å². The molecule has 1 aromatic rings. The molecule has 1 heterocycles. The normalized spacial score (nSPS) is 26.6. The van der Waals surface area contributed by atoms with Crippen LogP contribution < -0.4 is 15.2 Å². The molecular weight excluding hydrogens is 278 g/mol. The number of benzene rings is 1. The summed E-state index contributed by atoms with van der Waals surface area (Å²) in [5.74, 6) is 2.79. The third-order valence-corrected chi connectivity index (χ3v) is 4.75. The van der Waals surface area contributed by atoms with Crippen LogP contribution in [0.25, 0.3) is 0 Å². The number of hydrogen-bond acceptors (Lipinski definition) is 4. The van der Waals surface area contributed by atoms with Gasteiger partial charge in [-0.1, -0.05) is 19.9 Å². The molecule has 4 heteroatoms. The Hall–Kier alpha value is -1.55. The maximum Gasteiger partial charge on any atom is 0.173 e. The largest absolute Gasteiger partial charge is 0.493 e. The summed E-state index contributed by atoms with van der Waals surface area (Å²) in [4.78, 5) is 12.1. The van der Waals surface area contributed by atoms with Crippen molar-refractivity contribution in [3.63, 3.8) is 0 Å². The molecule has 1 fully saturated rings. The molecule has 3 atom stereocenters. The van der Waals surface area contributed by atoms with E-state index >= 15 is 0 Å². The lowest BCUT2D eigenvalue weighted by atomic mass is 9.67. The van der Waals surface area contributed by atoms with E-state index in [-0.39, 0.29) is 11.9 Å². The van der Waals surface area contributed by atoms with Crippen LogP contribution in [0.4, 0.5) is 0 Å². The molecule has 1 aliphatic heterocycles. The number of ether oxygens (including phenoxy) is 2. The van der Waals surface area contributed by atoms with Gasteiger partial charge in [-0.15, -0.1) is 0 Å². The molecule has 4 nitrogen and oxygen atoms in total. The van der Waals surface area contributed by atoms with Gasteiger partial charge in [0.25, 0.3) is 0 Å². The maximum atomic E-state index is 12.1. The van der Waals surface area contributed by atoms with Gasteiger partial charge in [0.1, 0.15) is 0 Å². The number of carbonyl (C=O) groups excluding carboxylic acids is 1. The Labute approximate surface area is 133 Å². The first-order valence-corrected chi connectivity index (χ1v) is 8.26. The zero-order chi connectivity index (χ0) is 16.3. The molecule has 0 spiro atoms. The Morgan fingerprint density at radius 2 is 1.86 bits per heavy atom. The molecule has 0 amide bonds. The van der Waals surface area contributed by atoms with E-state index < -0.39 is 0 Å². The van der Waals surface area contributed by atoms with Gasteiger partial charge in [-0.25, -0.2) is 0 Å². The molecule has 4 rings (SSSR count). The third kappa shape index (κ3) is 2.50. The van der Waals surface area contributed by atoms with E-state index in [1.54, 1.807) is 7.11 Å². The number of aryl methyl sites for hydroxylation is 1. The quantitative estimate of drug-likeness (QED) is 0.866. The summed E-state index contributed by atoms with van der Waals surface area (Å²) in [7, 11) is 3.16. The monoisotopic (exact) mass is 305 g/mol. The van der Waals surface area contributed by atoms with Gasteiger partial charge >= 0.3 is 0 Å². The van der Waals surface area contributed by atoms with Crippen LogP contribution in [0.2, 0.25) is 0 Å². The Balaban J connectivity index is 0.000000410. The van der Waals surface area contributed by atoms with Crippen molar-refractivity contribution in [3.8, 4) is 11.5 Å². The zero-order valence-corrected chi connectivity index (χ0v) is 14.0. The molecule has 1 saturated carbocycles. The minimum absolute atomic E-state index is 0.242. The van der Waals surface area contributed by atoms with Gasteiger partial charge in [0.05, 0.1) is 7.11 Å². The van der Waals surface area contributed by atoms with Gasteiger partial charge in [-0.2, -0.15) is 0 Å². The standard InChI is InChI=1S/C15H16O3.C2H6.CH5N/c1-17-11-7-5-9-3-2-8-4-6-10(16)14-12(8)13(9)15(11)18-14;2*1-2/h5,7-8,12,14H,2-4,6H2,1H3;1-2H3;2H2,1H3. The molecule has 0 radical (unpaired) electrons. The van der Waals surface area contributed by atoms with E-state index in [9.17, 15) is 4.79 Å². The fourth-order valence-corrected chi connectivity index (χ4v) is 3.90. The van der Waals surface area contributed by atoms with Crippen molar-refractivity contribution >= 4 is 5.78 Å². The van der Waals surface area contributed by atoms with Crippen molar-refractivity contribution in [2.75, 3.05) is 14.2 Å². The molecule has 0 bridgehead atoms. The minimum Gasteiger partial charge on any atom is -0.493 e. The van der Waals surface area contributed by atoms with Crippen LogP contribution in [0.3, 0.4) is 0 Å². The Bertz CT molecular complexity index is 541. The fraction of sp³-hybridized carbons (Fsp3) is 0.611. The first-order valence-electron chi connectivity index (χ1n) is 8.26. The van der Waals surface area contributed by atoms with E-state index in [1.807, 2.05) is 19.9 Å². The highest BCUT2D eigenvalue weighted by Gasteiger charge is 2.50. The summed E-state index contributed by atoms with van der Waals surface area (Å²) in [6.07, 6.45) is 3.76. The molecule has 22 heavy (non-hydrogen) atoms. The number of methoxy groups -OCH3 is 1. The topological polar surface area (TPSA) is 61.6 Å². The molecule has 1 aromatic carbocycles. The van der Waals surface area contributed by atoms with Crippen molar-refractivity contribution in [2.45, 2.75) is 51.6 Å². The van der Waals surface area contributed by atoms with Crippen LogP contribution in [0, 0.1) is 5.92 Å². The second kappa shape index (κ2) is 7.14. The summed E-state index contributed by atoms with van der Waals surface area (Å²) in [6.45, 7) is 4.00. The number of Topliss-reactive ketones (excluding diaryl/α,β-unsaturated/α-hetero) is 1. The summed E-state index contributed by atoms with van der Waals surface area (Å²) in [5.41, 5.74) is 7.12. The molecule has 3 unspecified atom stereocenters. The molecule has 0 saturated heterocycles. The van der Waals surface area contributed by atoms with Gasteiger partial charge in [0.15, 0.2) is 23.4 Å². The predicted octanol–water partition coefficient (Wildman–Crippen LogP) is 3.07. The smallest absolute Gasteiger partial charge is 0.173 e. The average Bonchev–Trinajstić information content (AvgIpc) is 3.01. The lowest BCUT2D eigenvalue weighted by molar-refractivity contribution is -0.129. The minimum atomic E-state index is -0.242. The SMILES string of the molecule is CC.CN.COc1ccc2c3c1OC1C(=O)CCC(CC2)C31. The van der Waals surface area contributed by atoms with Crippen molar-refractivity contribution in [1.82, 2.24) is 0 Å². The van der Waals surface area contributed by atoms with E-state index in [2.05, 4.69) is 11.8 Å². The zero-order valence-electron chi connectivity index (χ0n) is 14.0. The van der Waals surface area contributed by atoms with Crippen LogP contribution >= 0.6 is 0 Å². The van der Waals surface area contributed by atoms with Gasteiger partial charge in [0.2, 0.25) is 0 Å². The first-order chi connectivity index (χ1) is 10.8. The van der Waals surface area contributed by atoms with Crippen LogP contribution in [0.5, 0.6) is 11.5 Å². The van der Waals surface area contributed by atoms with Crippen LogP contribution in [-0.2, 0) is 11.2 Å². The van der Waals surface area contributed by atoms with Crippen LogP contribution in [0.1, 0.15) is 50.2 Å². The van der Waals surface area contributed by atoms with E-state index in [1.165, 1.54) is 24.6 Å². The summed E-state index contributed by atoms with van der Waals surface area (Å²) < 4.78 is 11.3. The second-order valence-corrected chi connectivity index (χ2v) is 5.54. The van der Waals surface area contributed by atoms with Crippen LogP contribution in [0.15, 0.2) is 12.1 Å². The van der Waals surface area contributed by atoms with E-state index in [0.29, 0.717) is 18.3 Å².